The lowest BCUT2D eigenvalue weighted by atomic mass is 9.94. The van der Waals surface area contributed by atoms with Crippen molar-refractivity contribution < 1.29 is 4.74 Å². The van der Waals surface area contributed by atoms with Crippen LogP contribution in [0.3, 0.4) is 0 Å². The van der Waals surface area contributed by atoms with E-state index in [1.54, 1.807) is 0 Å². The highest BCUT2D eigenvalue weighted by molar-refractivity contribution is 9.09. The highest BCUT2D eigenvalue weighted by atomic mass is 79.9. The van der Waals surface area contributed by atoms with Crippen LogP contribution in [0, 0.1) is 0 Å². The molecule has 14 heavy (non-hydrogen) atoms. The van der Waals surface area contributed by atoms with Gasteiger partial charge in [0.05, 0.1) is 12.2 Å². The second-order valence-corrected chi connectivity index (χ2v) is 5.91. The predicted octanol–water partition coefficient (Wildman–Crippen LogP) is 4.04. The Morgan fingerprint density at radius 2 is 1.50 bits per heavy atom. The van der Waals surface area contributed by atoms with Crippen LogP contribution in [0.15, 0.2) is 0 Å². The summed E-state index contributed by atoms with van der Waals surface area (Å²) < 4.78 is 6.13. The van der Waals surface area contributed by atoms with Crippen molar-refractivity contribution in [1.82, 2.24) is 0 Å². The third-order valence-corrected chi connectivity index (χ3v) is 4.59. The molecule has 0 radical (unpaired) electrons. The van der Waals surface area contributed by atoms with Crippen molar-refractivity contribution in [3.05, 3.63) is 0 Å². The maximum absolute atomic E-state index is 6.13. The molecule has 0 aromatic heterocycles. The van der Waals surface area contributed by atoms with E-state index in [4.69, 9.17) is 4.74 Å². The lowest BCUT2D eigenvalue weighted by Crippen LogP contribution is -2.33. The molecule has 0 bridgehead atoms. The number of halogens is 1. The molecule has 0 aromatic carbocycles. The number of ether oxygens (including phenoxy) is 1. The van der Waals surface area contributed by atoms with Crippen molar-refractivity contribution in [2.24, 2.45) is 0 Å². The van der Waals surface area contributed by atoms with Crippen molar-refractivity contribution in [3.8, 4) is 0 Å². The van der Waals surface area contributed by atoms with E-state index in [9.17, 15) is 0 Å². The van der Waals surface area contributed by atoms with Gasteiger partial charge in [0.25, 0.3) is 0 Å². The first-order chi connectivity index (χ1) is 6.86. The molecular formula is C12H21BrO. The highest BCUT2D eigenvalue weighted by Crippen LogP contribution is 2.30. The molecule has 0 N–H and O–H groups in total. The minimum Gasteiger partial charge on any atom is -0.374 e. The smallest absolute Gasteiger partial charge is 0.0703 e. The maximum Gasteiger partial charge on any atom is 0.0703 e. The molecule has 2 heteroatoms. The Labute approximate surface area is 95.7 Å². The molecule has 2 aliphatic rings. The fourth-order valence-electron chi connectivity index (χ4n) is 2.31. The lowest BCUT2D eigenvalue weighted by Gasteiger charge is -2.33. The Balaban J connectivity index is 1.78. The summed E-state index contributed by atoms with van der Waals surface area (Å²) in [5, 5.41) is 0. The lowest BCUT2D eigenvalue weighted by molar-refractivity contribution is -0.0567. The van der Waals surface area contributed by atoms with Gasteiger partial charge in [-0.25, -0.2) is 0 Å². The fraction of sp³-hybridized carbons (Fsp3) is 1.00. The molecule has 0 aromatic rings. The first kappa shape index (κ1) is 10.9. The van der Waals surface area contributed by atoms with E-state index < -0.39 is 0 Å². The Kier molecular flexibility index (Phi) is 4.30. The molecule has 0 amide bonds. The van der Waals surface area contributed by atoms with Gasteiger partial charge in [-0.3, -0.25) is 0 Å². The quantitative estimate of drug-likeness (QED) is 0.681. The number of hydrogen-bond acceptors (Lipinski definition) is 1. The molecule has 2 fully saturated rings. The zero-order valence-electron chi connectivity index (χ0n) is 8.88. The van der Waals surface area contributed by atoms with Gasteiger partial charge in [-0.1, -0.05) is 41.6 Å². The summed E-state index contributed by atoms with van der Waals surface area (Å²) in [5.41, 5.74) is 0. The van der Waals surface area contributed by atoms with Crippen molar-refractivity contribution in [2.45, 2.75) is 74.8 Å². The summed E-state index contributed by atoms with van der Waals surface area (Å²) in [5.74, 6) is 0. The standard InChI is InChI=1S/C12H21BrO/c13-11-8-3-1-2-4-9-12(11)14-10-6-5-7-10/h10-12H,1-9H2. The zero-order chi connectivity index (χ0) is 9.80. The van der Waals surface area contributed by atoms with Crippen LogP contribution in [-0.2, 0) is 4.74 Å². The van der Waals surface area contributed by atoms with Crippen LogP contribution in [0.2, 0.25) is 0 Å². The predicted molar refractivity (Wildman–Crippen MR) is 62.9 cm³/mol. The Morgan fingerprint density at radius 1 is 0.786 bits per heavy atom. The van der Waals surface area contributed by atoms with Crippen LogP contribution in [0.4, 0.5) is 0 Å². The van der Waals surface area contributed by atoms with Crippen molar-refractivity contribution in [2.75, 3.05) is 0 Å². The van der Waals surface area contributed by atoms with E-state index in [0.717, 1.165) is 0 Å². The third-order valence-electron chi connectivity index (χ3n) is 3.54. The molecule has 2 rings (SSSR count). The molecule has 2 aliphatic carbocycles. The molecule has 0 saturated heterocycles. The average Bonchev–Trinajstić information content (AvgIpc) is 2.08. The Morgan fingerprint density at radius 3 is 2.14 bits per heavy atom. The summed E-state index contributed by atoms with van der Waals surface area (Å²) in [6.45, 7) is 0. The van der Waals surface area contributed by atoms with Crippen molar-refractivity contribution in [3.63, 3.8) is 0 Å². The van der Waals surface area contributed by atoms with Gasteiger partial charge in [0, 0.05) is 4.83 Å². The van der Waals surface area contributed by atoms with Crippen LogP contribution in [0.1, 0.15) is 57.8 Å². The van der Waals surface area contributed by atoms with E-state index in [0.29, 0.717) is 17.0 Å². The molecule has 2 atom stereocenters. The van der Waals surface area contributed by atoms with E-state index >= 15 is 0 Å². The normalized spacial score (nSPS) is 35.8. The monoisotopic (exact) mass is 260 g/mol. The molecular weight excluding hydrogens is 240 g/mol. The fourth-order valence-corrected chi connectivity index (χ4v) is 3.03. The topological polar surface area (TPSA) is 9.23 Å². The van der Waals surface area contributed by atoms with Crippen molar-refractivity contribution in [1.29, 1.82) is 0 Å². The highest BCUT2D eigenvalue weighted by Gasteiger charge is 2.27. The first-order valence-corrected chi connectivity index (χ1v) is 7.07. The maximum atomic E-state index is 6.13. The molecule has 2 saturated carbocycles. The number of alkyl halides is 1. The van der Waals surface area contributed by atoms with E-state index in [1.165, 1.54) is 57.8 Å². The van der Waals surface area contributed by atoms with Crippen LogP contribution in [0.25, 0.3) is 0 Å². The van der Waals surface area contributed by atoms with Crippen molar-refractivity contribution >= 4 is 15.9 Å². The summed E-state index contributed by atoms with van der Waals surface area (Å²) in [6, 6.07) is 0. The van der Waals surface area contributed by atoms with Gasteiger partial charge in [0.2, 0.25) is 0 Å². The minimum atomic E-state index is 0.501. The summed E-state index contributed by atoms with van der Waals surface area (Å²) in [4.78, 5) is 0.614. The van der Waals surface area contributed by atoms with Gasteiger partial charge in [-0.05, 0) is 32.1 Å². The number of hydrogen-bond donors (Lipinski definition) is 0. The Bertz CT molecular complexity index is 168. The molecule has 1 nitrogen and oxygen atoms in total. The minimum absolute atomic E-state index is 0.501. The van der Waals surface area contributed by atoms with Gasteiger partial charge in [-0.2, -0.15) is 0 Å². The number of rotatable bonds is 2. The first-order valence-electron chi connectivity index (χ1n) is 6.16. The van der Waals surface area contributed by atoms with E-state index in [-0.39, 0.29) is 0 Å². The SMILES string of the molecule is BrC1CCCCCCC1OC1CCC1. The van der Waals surface area contributed by atoms with Gasteiger partial charge < -0.3 is 4.74 Å². The van der Waals surface area contributed by atoms with Gasteiger partial charge in [0.15, 0.2) is 0 Å². The molecule has 2 unspecified atom stereocenters. The Hall–Kier alpha value is 0.440. The molecule has 0 aliphatic heterocycles. The van der Waals surface area contributed by atoms with Crippen LogP contribution >= 0.6 is 15.9 Å². The largest absolute Gasteiger partial charge is 0.374 e. The van der Waals surface area contributed by atoms with Crippen LogP contribution < -0.4 is 0 Å². The molecule has 82 valence electrons. The summed E-state index contributed by atoms with van der Waals surface area (Å²) >= 11 is 3.80. The molecule has 0 heterocycles. The summed E-state index contributed by atoms with van der Waals surface area (Å²) in [6.07, 6.45) is 13.2. The molecule has 0 spiro atoms. The van der Waals surface area contributed by atoms with E-state index in [1.807, 2.05) is 0 Å². The average molecular weight is 261 g/mol. The van der Waals surface area contributed by atoms with Crippen LogP contribution in [-0.4, -0.2) is 17.0 Å². The zero-order valence-corrected chi connectivity index (χ0v) is 10.5. The third kappa shape index (κ3) is 2.96. The van der Waals surface area contributed by atoms with Gasteiger partial charge in [-0.15, -0.1) is 0 Å². The second kappa shape index (κ2) is 5.50. The van der Waals surface area contributed by atoms with Gasteiger partial charge >= 0.3 is 0 Å². The van der Waals surface area contributed by atoms with Crippen LogP contribution in [0.5, 0.6) is 0 Å². The summed E-state index contributed by atoms with van der Waals surface area (Å²) in [7, 11) is 0. The van der Waals surface area contributed by atoms with Gasteiger partial charge in [0.1, 0.15) is 0 Å². The van der Waals surface area contributed by atoms with E-state index in [2.05, 4.69) is 15.9 Å². The second-order valence-electron chi connectivity index (χ2n) is 4.74.